The Labute approximate surface area is 142 Å². The maximum atomic E-state index is 12.3. The maximum absolute atomic E-state index is 12.3. The molecule has 0 bridgehead atoms. The van der Waals surface area contributed by atoms with Crippen LogP contribution in [0.5, 0.6) is 0 Å². The molecule has 1 N–H and O–H groups in total. The van der Waals surface area contributed by atoms with Gasteiger partial charge in [0.15, 0.2) is 5.82 Å². The number of nitrogens with zero attached hydrogens (tertiary/aromatic N) is 3. The van der Waals surface area contributed by atoms with Crippen molar-refractivity contribution in [3.8, 4) is 0 Å². The van der Waals surface area contributed by atoms with E-state index in [2.05, 4.69) is 16.4 Å². The molecule has 1 fully saturated rings. The first-order valence-corrected chi connectivity index (χ1v) is 8.87. The van der Waals surface area contributed by atoms with Crippen molar-refractivity contribution in [1.82, 2.24) is 14.9 Å². The van der Waals surface area contributed by atoms with Gasteiger partial charge in [0.1, 0.15) is 0 Å². The van der Waals surface area contributed by atoms with Crippen molar-refractivity contribution in [2.75, 3.05) is 18.0 Å². The number of hydrogen-bond acceptors (Lipinski definition) is 4. The monoisotopic (exact) mass is 330 g/mol. The van der Waals surface area contributed by atoms with Crippen molar-refractivity contribution in [2.45, 2.75) is 51.0 Å². The van der Waals surface area contributed by atoms with Crippen molar-refractivity contribution in [1.29, 1.82) is 0 Å². The van der Waals surface area contributed by atoms with Crippen molar-refractivity contribution in [2.24, 2.45) is 7.05 Å². The highest BCUT2D eigenvalue weighted by atomic mass is 16.1. The smallest absolute Gasteiger partial charge is 0.293 e. The van der Waals surface area contributed by atoms with Gasteiger partial charge in [-0.15, -0.1) is 0 Å². The van der Waals surface area contributed by atoms with E-state index in [9.17, 15) is 9.59 Å². The first-order chi connectivity index (χ1) is 11.6. The van der Waals surface area contributed by atoms with Gasteiger partial charge in [-0.2, -0.15) is 0 Å². The number of piperidine rings is 1. The number of amides is 1. The summed E-state index contributed by atoms with van der Waals surface area (Å²) >= 11 is 0. The minimum absolute atomic E-state index is 0.0853. The third-order valence-electron chi connectivity index (χ3n) is 4.86. The summed E-state index contributed by atoms with van der Waals surface area (Å²) in [6.07, 6.45) is 12.5. The lowest BCUT2D eigenvalue weighted by Crippen LogP contribution is -2.49. The highest BCUT2D eigenvalue weighted by Crippen LogP contribution is 2.20. The average Bonchev–Trinajstić information content (AvgIpc) is 2.58. The van der Waals surface area contributed by atoms with E-state index < -0.39 is 0 Å². The second-order valence-electron chi connectivity index (χ2n) is 6.80. The molecule has 1 aliphatic heterocycles. The van der Waals surface area contributed by atoms with Gasteiger partial charge in [0.2, 0.25) is 5.91 Å². The third kappa shape index (κ3) is 4.04. The molecule has 1 aromatic rings. The van der Waals surface area contributed by atoms with E-state index in [1.807, 2.05) is 4.90 Å². The van der Waals surface area contributed by atoms with Crippen LogP contribution in [0.3, 0.4) is 0 Å². The predicted molar refractivity (Wildman–Crippen MR) is 94.0 cm³/mol. The summed E-state index contributed by atoms with van der Waals surface area (Å²) in [4.78, 5) is 30.8. The Bertz CT molecular complexity index is 680. The summed E-state index contributed by atoms with van der Waals surface area (Å²) in [6, 6.07) is 0.0853. The van der Waals surface area contributed by atoms with Crippen molar-refractivity contribution >= 4 is 11.7 Å². The molecular weight excluding hydrogens is 304 g/mol. The lowest BCUT2D eigenvalue weighted by atomic mass is 9.96. The zero-order valence-electron chi connectivity index (χ0n) is 14.3. The number of nitrogens with one attached hydrogen (secondary N) is 1. The molecule has 1 saturated heterocycles. The summed E-state index contributed by atoms with van der Waals surface area (Å²) in [7, 11) is 1.73. The van der Waals surface area contributed by atoms with Crippen LogP contribution in [-0.2, 0) is 11.8 Å². The van der Waals surface area contributed by atoms with Gasteiger partial charge in [0, 0.05) is 45.0 Å². The van der Waals surface area contributed by atoms with Gasteiger partial charge in [0.25, 0.3) is 5.56 Å². The number of allylic oxidation sites excluding steroid dienone is 1. The molecule has 6 heteroatoms. The molecular formula is C18H26N4O2. The van der Waals surface area contributed by atoms with E-state index in [0.717, 1.165) is 32.2 Å². The van der Waals surface area contributed by atoms with Crippen LogP contribution in [0.4, 0.5) is 5.82 Å². The molecule has 1 atom stereocenters. The molecule has 3 rings (SSSR count). The molecule has 0 spiro atoms. The molecule has 2 heterocycles. The molecule has 0 unspecified atom stereocenters. The Kier molecular flexibility index (Phi) is 5.33. The maximum Gasteiger partial charge on any atom is 0.293 e. The topological polar surface area (TPSA) is 67.2 Å². The van der Waals surface area contributed by atoms with Gasteiger partial charge in [-0.05, 0) is 38.5 Å². The zero-order valence-corrected chi connectivity index (χ0v) is 14.3. The van der Waals surface area contributed by atoms with E-state index in [1.54, 1.807) is 24.0 Å². The van der Waals surface area contributed by atoms with Gasteiger partial charge in [-0.25, -0.2) is 4.98 Å². The van der Waals surface area contributed by atoms with Crippen LogP contribution in [0.2, 0.25) is 0 Å². The molecule has 0 aromatic carbocycles. The number of aromatic nitrogens is 2. The van der Waals surface area contributed by atoms with Crippen molar-refractivity contribution in [3.63, 3.8) is 0 Å². The Balaban J connectivity index is 1.59. The van der Waals surface area contributed by atoms with Gasteiger partial charge in [-0.3, -0.25) is 9.59 Å². The van der Waals surface area contributed by atoms with Crippen LogP contribution in [0.15, 0.2) is 28.8 Å². The fourth-order valence-electron chi connectivity index (χ4n) is 3.54. The van der Waals surface area contributed by atoms with Crippen LogP contribution in [-0.4, -0.2) is 34.6 Å². The molecule has 0 radical (unpaired) electrons. The fraction of sp³-hybridized carbons (Fsp3) is 0.611. The minimum atomic E-state index is -0.0863. The standard InChI is InChI=1S/C18H26N4O2/c1-21-11-9-19-17(18(21)24)22-10-5-8-15(13-22)20-16(23)12-14-6-3-2-4-7-14/h6,9,11,15H,2-5,7-8,10,12-13H2,1H3,(H,20,23)/t15-/m1/s1. The van der Waals surface area contributed by atoms with E-state index >= 15 is 0 Å². The summed E-state index contributed by atoms with van der Waals surface area (Å²) in [6.45, 7) is 1.46. The number of carbonyl (C=O) groups is 1. The summed E-state index contributed by atoms with van der Waals surface area (Å²) in [5.74, 6) is 0.581. The Morgan fingerprint density at radius 3 is 3.04 bits per heavy atom. The SMILES string of the molecule is Cn1ccnc(N2CCC[C@@H](NC(=O)CC3=CCCCC3)C2)c1=O. The highest BCUT2D eigenvalue weighted by molar-refractivity contribution is 5.79. The number of rotatable bonds is 4. The second kappa shape index (κ2) is 7.64. The number of aryl methyl sites for hydroxylation is 1. The van der Waals surface area contributed by atoms with Gasteiger partial charge in [0.05, 0.1) is 0 Å². The molecule has 0 saturated carbocycles. The van der Waals surface area contributed by atoms with E-state index in [4.69, 9.17) is 0 Å². The fourth-order valence-corrected chi connectivity index (χ4v) is 3.54. The first-order valence-electron chi connectivity index (χ1n) is 8.87. The van der Waals surface area contributed by atoms with Crippen molar-refractivity contribution in [3.05, 3.63) is 34.4 Å². The van der Waals surface area contributed by atoms with Crippen LogP contribution in [0.25, 0.3) is 0 Å². The molecule has 6 nitrogen and oxygen atoms in total. The lowest BCUT2D eigenvalue weighted by molar-refractivity contribution is -0.121. The summed E-state index contributed by atoms with van der Waals surface area (Å²) in [5, 5.41) is 3.14. The average molecular weight is 330 g/mol. The highest BCUT2D eigenvalue weighted by Gasteiger charge is 2.24. The largest absolute Gasteiger partial charge is 0.351 e. The van der Waals surface area contributed by atoms with Crippen LogP contribution >= 0.6 is 0 Å². The van der Waals surface area contributed by atoms with Crippen LogP contribution < -0.4 is 15.8 Å². The van der Waals surface area contributed by atoms with Gasteiger partial charge in [-0.1, -0.05) is 11.6 Å². The van der Waals surface area contributed by atoms with E-state index in [1.165, 1.54) is 18.4 Å². The Hall–Kier alpha value is -2.11. The third-order valence-corrected chi connectivity index (χ3v) is 4.86. The summed E-state index contributed by atoms with van der Waals surface area (Å²) < 4.78 is 1.54. The molecule has 130 valence electrons. The summed E-state index contributed by atoms with van der Waals surface area (Å²) in [5.41, 5.74) is 1.18. The zero-order chi connectivity index (χ0) is 16.9. The molecule has 1 amide bonds. The quantitative estimate of drug-likeness (QED) is 0.854. The normalized spacial score (nSPS) is 21.3. The lowest BCUT2D eigenvalue weighted by Gasteiger charge is -2.33. The number of carbonyl (C=O) groups excluding carboxylic acids is 1. The van der Waals surface area contributed by atoms with Crippen LogP contribution in [0.1, 0.15) is 44.9 Å². The molecule has 2 aliphatic rings. The molecule has 24 heavy (non-hydrogen) atoms. The van der Waals surface area contributed by atoms with Gasteiger partial charge >= 0.3 is 0 Å². The first kappa shape index (κ1) is 16.7. The van der Waals surface area contributed by atoms with E-state index in [-0.39, 0.29) is 17.5 Å². The molecule has 1 aromatic heterocycles. The van der Waals surface area contributed by atoms with Crippen molar-refractivity contribution < 1.29 is 4.79 Å². The Morgan fingerprint density at radius 2 is 2.25 bits per heavy atom. The van der Waals surface area contributed by atoms with Crippen LogP contribution in [0, 0.1) is 0 Å². The predicted octanol–water partition coefficient (Wildman–Crippen LogP) is 1.76. The second-order valence-corrected chi connectivity index (χ2v) is 6.80. The van der Waals surface area contributed by atoms with E-state index in [0.29, 0.717) is 18.8 Å². The van der Waals surface area contributed by atoms with Gasteiger partial charge < -0.3 is 14.8 Å². The molecule has 1 aliphatic carbocycles. The number of anilines is 1. The Morgan fingerprint density at radius 1 is 1.38 bits per heavy atom. The number of hydrogen-bond donors (Lipinski definition) is 1. The minimum Gasteiger partial charge on any atom is -0.351 e.